The molecule has 0 bridgehead atoms. The van der Waals surface area contributed by atoms with Gasteiger partial charge in [-0.2, -0.15) is 0 Å². The van der Waals surface area contributed by atoms with Crippen molar-refractivity contribution in [3.05, 3.63) is 65.6 Å². The molecule has 0 fully saturated rings. The Kier molecular flexibility index (Phi) is 4.04. The normalized spacial score (nSPS) is 10.6. The molecule has 0 saturated heterocycles. The fourth-order valence-corrected chi connectivity index (χ4v) is 2.60. The Labute approximate surface area is 138 Å². The molecule has 1 aromatic heterocycles. The van der Waals surface area contributed by atoms with Crippen molar-refractivity contribution >= 4 is 28.4 Å². The molecule has 5 nitrogen and oxygen atoms in total. The number of hydrogen-bond donors (Lipinski definition) is 2. The van der Waals surface area contributed by atoms with Crippen molar-refractivity contribution in [2.24, 2.45) is 7.05 Å². The van der Waals surface area contributed by atoms with Gasteiger partial charge in [-0.1, -0.05) is 6.07 Å². The topological polar surface area (TPSA) is 63.1 Å². The molecule has 1 heterocycles. The second kappa shape index (κ2) is 6.16. The van der Waals surface area contributed by atoms with E-state index in [4.69, 9.17) is 0 Å². The van der Waals surface area contributed by atoms with Crippen LogP contribution in [0.3, 0.4) is 0 Å². The number of anilines is 1. The molecule has 2 amide bonds. The summed E-state index contributed by atoms with van der Waals surface area (Å²) in [7, 11) is 3.25. The number of hydrogen-bond acceptors (Lipinski definition) is 2. The van der Waals surface area contributed by atoms with Gasteiger partial charge in [-0.3, -0.25) is 9.59 Å². The van der Waals surface area contributed by atoms with Crippen LogP contribution in [0.5, 0.6) is 0 Å². The van der Waals surface area contributed by atoms with E-state index in [1.807, 2.05) is 0 Å². The molecule has 2 N–H and O–H groups in total. The summed E-state index contributed by atoms with van der Waals surface area (Å²) < 4.78 is 15.0. The Morgan fingerprint density at radius 1 is 1.04 bits per heavy atom. The van der Waals surface area contributed by atoms with Crippen molar-refractivity contribution in [1.29, 1.82) is 0 Å². The first-order valence-electron chi connectivity index (χ1n) is 7.38. The lowest BCUT2D eigenvalue weighted by Gasteiger charge is -2.08. The van der Waals surface area contributed by atoms with Crippen molar-refractivity contribution in [1.82, 2.24) is 9.88 Å². The molecule has 122 valence electrons. The summed E-state index contributed by atoms with van der Waals surface area (Å²) in [6.07, 6.45) is 0. The summed E-state index contributed by atoms with van der Waals surface area (Å²) in [5.41, 5.74) is 2.01. The Hall–Kier alpha value is -3.15. The molecule has 3 aromatic rings. The van der Waals surface area contributed by atoms with Gasteiger partial charge in [-0.05, 0) is 42.5 Å². The molecule has 0 saturated carbocycles. The Morgan fingerprint density at radius 3 is 2.58 bits per heavy atom. The van der Waals surface area contributed by atoms with Gasteiger partial charge in [0.2, 0.25) is 0 Å². The van der Waals surface area contributed by atoms with Crippen LogP contribution in [0.15, 0.2) is 48.5 Å². The van der Waals surface area contributed by atoms with Gasteiger partial charge < -0.3 is 15.2 Å². The van der Waals surface area contributed by atoms with Crippen LogP contribution in [0.2, 0.25) is 0 Å². The lowest BCUT2D eigenvalue weighted by molar-refractivity contribution is 0.0961. The smallest absolute Gasteiger partial charge is 0.272 e. The number of rotatable bonds is 3. The third-order valence-electron chi connectivity index (χ3n) is 3.85. The first kappa shape index (κ1) is 15.7. The van der Waals surface area contributed by atoms with Gasteiger partial charge in [0.15, 0.2) is 0 Å². The molecule has 0 aliphatic carbocycles. The van der Waals surface area contributed by atoms with Crippen molar-refractivity contribution < 1.29 is 14.0 Å². The highest BCUT2D eigenvalue weighted by atomic mass is 19.1. The maximum atomic E-state index is 13.4. The van der Waals surface area contributed by atoms with E-state index in [2.05, 4.69) is 10.6 Å². The predicted molar refractivity (Wildman–Crippen MR) is 90.7 cm³/mol. The minimum Gasteiger partial charge on any atom is -0.355 e. The zero-order chi connectivity index (χ0) is 17.3. The summed E-state index contributed by atoms with van der Waals surface area (Å²) in [5.74, 6) is -0.914. The summed E-state index contributed by atoms with van der Waals surface area (Å²) >= 11 is 0. The Balaban J connectivity index is 1.90. The third-order valence-corrected chi connectivity index (χ3v) is 3.85. The predicted octanol–water partition coefficient (Wildman–Crippen LogP) is 2.93. The van der Waals surface area contributed by atoms with Gasteiger partial charge in [-0.15, -0.1) is 0 Å². The highest BCUT2D eigenvalue weighted by Crippen LogP contribution is 2.21. The highest BCUT2D eigenvalue weighted by Gasteiger charge is 2.14. The first-order valence-corrected chi connectivity index (χ1v) is 7.38. The number of aromatic nitrogens is 1. The van der Waals surface area contributed by atoms with Crippen LogP contribution in [-0.2, 0) is 7.05 Å². The molecule has 0 atom stereocenters. The largest absolute Gasteiger partial charge is 0.355 e. The fourth-order valence-electron chi connectivity index (χ4n) is 2.60. The van der Waals surface area contributed by atoms with Crippen LogP contribution in [0, 0.1) is 5.82 Å². The van der Waals surface area contributed by atoms with E-state index in [-0.39, 0.29) is 17.6 Å². The van der Waals surface area contributed by atoms with Crippen LogP contribution in [0.25, 0.3) is 10.9 Å². The minimum atomic E-state index is -0.353. The molecule has 0 aliphatic rings. The van der Waals surface area contributed by atoms with Gasteiger partial charge in [0.05, 0.1) is 5.52 Å². The summed E-state index contributed by atoms with van der Waals surface area (Å²) in [4.78, 5) is 24.2. The minimum absolute atomic E-state index is 0.230. The molecule has 6 heteroatoms. The van der Waals surface area contributed by atoms with E-state index in [1.165, 1.54) is 12.1 Å². The van der Waals surface area contributed by atoms with E-state index in [0.29, 0.717) is 22.5 Å². The summed E-state index contributed by atoms with van der Waals surface area (Å²) in [6, 6.07) is 12.7. The molecule has 3 rings (SSSR count). The number of aryl methyl sites for hydroxylation is 1. The van der Waals surface area contributed by atoms with E-state index >= 15 is 0 Å². The van der Waals surface area contributed by atoms with E-state index < -0.39 is 0 Å². The number of benzene rings is 2. The number of carbonyl (C=O) groups is 2. The van der Waals surface area contributed by atoms with Gasteiger partial charge in [-0.25, -0.2) is 4.39 Å². The fraction of sp³-hybridized carbons (Fsp3) is 0.111. The quantitative estimate of drug-likeness (QED) is 0.778. The third kappa shape index (κ3) is 2.86. The van der Waals surface area contributed by atoms with Crippen LogP contribution in [-0.4, -0.2) is 23.4 Å². The Bertz CT molecular complexity index is 947. The molecule has 0 radical (unpaired) electrons. The van der Waals surface area contributed by atoms with Crippen LogP contribution < -0.4 is 10.6 Å². The molecule has 0 spiro atoms. The highest BCUT2D eigenvalue weighted by molar-refractivity contribution is 6.07. The van der Waals surface area contributed by atoms with E-state index in [1.54, 1.807) is 55.1 Å². The SMILES string of the molecule is CNC(=O)c1cccc(NC(=O)c2cc3ccc(F)cc3n2C)c1. The second-order valence-corrected chi connectivity index (χ2v) is 5.41. The van der Waals surface area contributed by atoms with Gasteiger partial charge in [0.25, 0.3) is 11.8 Å². The molecular formula is C18H16FN3O2. The maximum absolute atomic E-state index is 13.4. The molecule has 24 heavy (non-hydrogen) atoms. The van der Waals surface area contributed by atoms with Gasteiger partial charge in [0.1, 0.15) is 11.5 Å². The van der Waals surface area contributed by atoms with Crippen LogP contribution >= 0.6 is 0 Å². The number of nitrogens with zero attached hydrogens (tertiary/aromatic N) is 1. The molecule has 2 aromatic carbocycles. The number of halogens is 1. The van der Waals surface area contributed by atoms with Gasteiger partial charge in [0, 0.05) is 30.7 Å². The second-order valence-electron chi connectivity index (χ2n) is 5.41. The average molecular weight is 325 g/mol. The molecule has 0 unspecified atom stereocenters. The first-order chi connectivity index (χ1) is 11.5. The van der Waals surface area contributed by atoms with E-state index in [9.17, 15) is 14.0 Å². The number of nitrogens with one attached hydrogen (secondary N) is 2. The van der Waals surface area contributed by atoms with Crippen molar-refractivity contribution in [3.8, 4) is 0 Å². The van der Waals surface area contributed by atoms with Crippen LogP contribution in [0.4, 0.5) is 10.1 Å². The zero-order valence-corrected chi connectivity index (χ0v) is 13.3. The number of carbonyl (C=O) groups excluding carboxylic acids is 2. The number of fused-ring (bicyclic) bond motifs is 1. The summed E-state index contributed by atoms with van der Waals surface area (Å²) in [6.45, 7) is 0. The van der Waals surface area contributed by atoms with Crippen molar-refractivity contribution in [2.45, 2.75) is 0 Å². The maximum Gasteiger partial charge on any atom is 0.272 e. The van der Waals surface area contributed by atoms with E-state index in [0.717, 1.165) is 5.39 Å². The zero-order valence-electron chi connectivity index (χ0n) is 13.3. The van der Waals surface area contributed by atoms with Gasteiger partial charge >= 0.3 is 0 Å². The molecular weight excluding hydrogens is 309 g/mol. The standard InChI is InChI=1S/C18H16FN3O2/c1-20-17(23)12-4-3-5-14(8-12)21-18(24)16-9-11-6-7-13(19)10-15(11)22(16)2/h3-10H,1-2H3,(H,20,23)(H,21,24). The van der Waals surface area contributed by atoms with Crippen molar-refractivity contribution in [2.75, 3.05) is 12.4 Å². The van der Waals surface area contributed by atoms with Crippen LogP contribution in [0.1, 0.15) is 20.8 Å². The number of amides is 2. The van der Waals surface area contributed by atoms with Crippen molar-refractivity contribution in [3.63, 3.8) is 0 Å². The molecule has 0 aliphatic heterocycles. The Morgan fingerprint density at radius 2 is 1.83 bits per heavy atom. The lowest BCUT2D eigenvalue weighted by atomic mass is 10.2. The summed E-state index contributed by atoms with van der Waals surface area (Å²) in [5, 5.41) is 6.08. The lowest BCUT2D eigenvalue weighted by Crippen LogP contribution is -2.19. The monoisotopic (exact) mass is 325 g/mol. The average Bonchev–Trinajstić information content (AvgIpc) is 2.91.